The number of ether oxygens (including phenoxy) is 1. The van der Waals surface area contributed by atoms with Crippen LogP contribution in [0.5, 0.6) is 0 Å². The second kappa shape index (κ2) is 7.12. The Hall–Kier alpha value is -1.73. The Morgan fingerprint density at radius 2 is 1.81 bits per heavy atom. The summed E-state index contributed by atoms with van der Waals surface area (Å²) in [5.74, 6) is -0.739. The average molecular weight is 365 g/mol. The number of nitrogens with one attached hydrogen (secondary N) is 1. The van der Waals surface area contributed by atoms with Crippen molar-refractivity contribution in [3.8, 4) is 0 Å². The molecule has 142 valence electrons. The fourth-order valence-corrected chi connectivity index (χ4v) is 4.40. The van der Waals surface area contributed by atoms with E-state index in [4.69, 9.17) is 10.5 Å². The molecule has 3 N–H and O–H groups in total. The fraction of sp³-hybridized carbons (Fsp3) is 0.632. The second-order valence-electron chi connectivity index (χ2n) is 7.68. The summed E-state index contributed by atoms with van der Waals surface area (Å²) >= 11 is 0. The molecule has 3 aliphatic rings. The number of amides is 1. The Morgan fingerprint density at radius 1 is 1.15 bits per heavy atom. The normalized spacial score (nSPS) is 27.5. The van der Waals surface area contributed by atoms with E-state index in [1.807, 2.05) is 0 Å². The van der Waals surface area contributed by atoms with Crippen molar-refractivity contribution in [2.24, 2.45) is 17.6 Å². The number of carbonyl (C=O) groups excluding carboxylic acids is 1. The Labute approximate surface area is 151 Å². The molecule has 5 nitrogen and oxygen atoms in total. The minimum Gasteiger partial charge on any atom is -0.381 e. The van der Waals surface area contributed by atoms with E-state index >= 15 is 0 Å². The smallest absolute Gasteiger partial charge is 0.227 e. The monoisotopic (exact) mass is 365 g/mol. The standard InChI is InChI=1S/C19H25F2N3O2/c20-16-5-12(15-7-14(8-22)23-19(15)25)6-17(21)18(16)24-3-1-11(2-4-24)13-9-26-10-13/h5-6,11,13-15H,1-4,7-10,22H2,(H,23,25)/t14?,15-/m0/s1. The summed E-state index contributed by atoms with van der Waals surface area (Å²) in [5.41, 5.74) is 6.01. The number of rotatable bonds is 4. The van der Waals surface area contributed by atoms with E-state index in [1.54, 1.807) is 4.90 Å². The van der Waals surface area contributed by atoms with Gasteiger partial charge in [-0.2, -0.15) is 0 Å². The Balaban J connectivity index is 1.49. The third kappa shape index (κ3) is 3.18. The highest BCUT2D eigenvalue weighted by molar-refractivity contribution is 5.86. The van der Waals surface area contributed by atoms with E-state index in [-0.39, 0.29) is 17.6 Å². The van der Waals surface area contributed by atoms with Gasteiger partial charge >= 0.3 is 0 Å². The molecule has 1 aromatic carbocycles. The van der Waals surface area contributed by atoms with E-state index < -0.39 is 17.6 Å². The zero-order valence-corrected chi connectivity index (χ0v) is 14.7. The summed E-state index contributed by atoms with van der Waals surface area (Å²) in [6.45, 7) is 3.25. The largest absolute Gasteiger partial charge is 0.381 e. The van der Waals surface area contributed by atoms with Crippen LogP contribution in [0, 0.1) is 23.5 Å². The third-order valence-corrected chi connectivity index (χ3v) is 6.10. The van der Waals surface area contributed by atoms with Crippen LogP contribution in [-0.2, 0) is 9.53 Å². The highest BCUT2D eigenvalue weighted by atomic mass is 19.1. The summed E-state index contributed by atoms with van der Waals surface area (Å²) in [4.78, 5) is 13.8. The summed E-state index contributed by atoms with van der Waals surface area (Å²) in [7, 11) is 0. The van der Waals surface area contributed by atoms with Crippen molar-refractivity contribution >= 4 is 11.6 Å². The summed E-state index contributed by atoms with van der Waals surface area (Å²) < 4.78 is 34.7. The molecule has 0 spiro atoms. The zero-order valence-electron chi connectivity index (χ0n) is 14.7. The molecule has 1 aromatic rings. The summed E-state index contributed by atoms with van der Waals surface area (Å²) in [6.07, 6.45) is 2.33. The molecule has 2 atom stereocenters. The maximum Gasteiger partial charge on any atom is 0.227 e. The van der Waals surface area contributed by atoms with Crippen molar-refractivity contribution in [3.63, 3.8) is 0 Å². The molecule has 1 amide bonds. The number of nitrogens with two attached hydrogens (primary N) is 1. The van der Waals surface area contributed by atoms with Crippen LogP contribution in [0.15, 0.2) is 12.1 Å². The van der Waals surface area contributed by atoms with Crippen LogP contribution in [0.25, 0.3) is 0 Å². The van der Waals surface area contributed by atoms with Crippen LogP contribution in [0.2, 0.25) is 0 Å². The molecule has 26 heavy (non-hydrogen) atoms. The molecule has 0 radical (unpaired) electrons. The molecule has 0 aliphatic carbocycles. The maximum atomic E-state index is 14.7. The van der Waals surface area contributed by atoms with Gasteiger partial charge in [-0.25, -0.2) is 8.78 Å². The van der Waals surface area contributed by atoms with Crippen molar-refractivity contribution in [1.29, 1.82) is 0 Å². The van der Waals surface area contributed by atoms with Crippen LogP contribution in [0.1, 0.15) is 30.7 Å². The van der Waals surface area contributed by atoms with Crippen molar-refractivity contribution in [2.75, 3.05) is 37.7 Å². The number of halogens is 2. The molecule has 4 rings (SSSR count). The Morgan fingerprint density at radius 3 is 2.31 bits per heavy atom. The lowest BCUT2D eigenvalue weighted by atomic mass is 9.83. The Bertz CT molecular complexity index is 664. The molecule has 3 aliphatic heterocycles. The van der Waals surface area contributed by atoms with Gasteiger partial charge in [0.2, 0.25) is 5.91 Å². The van der Waals surface area contributed by atoms with Gasteiger partial charge in [0.05, 0.1) is 19.1 Å². The zero-order chi connectivity index (χ0) is 18.3. The SMILES string of the molecule is NCC1C[C@@H](c2cc(F)c(N3CCC(C4COC4)CC3)c(F)c2)C(=O)N1. The molecular weight excluding hydrogens is 340 g/mol. The third-order valence-electron chi connectivity index (χ3n) is 6.10. The van der Waals surface area contributed by atoms with Crippen molar-refractivity contribution in [1.82, 2.24) is 5.32 Å². The van der Waals surface area contributed by atoms with Crippen LogP contribution in [-0.4, -0.2) is 44.8 Å². The number of carbonyl (C=O) groups is 1. The predicted octanol–water partition coefficient (Wildman–Crippen LogP) is 1.76. The number of hydrogen-bond donors (Lipinski definition) is 2. The quantitative estimate of drug-likeness (QED) is 0.853. The van der Waals surface area contributed by atoms with Gasteiger partial charge in [0, 0.05) is 31.6 Å². The highest BCUT2D eigenvalue weighted by Crippen LogP contribution is 2.36. The van der Waals surface area contributed by atoms with Gasteiger partial charge in [-0.05, 0) is 42.9 Å². The predicted molar refractivity (Wildman–Crippen MR) is 93.9 cm³/mol. The fourth-order valence-electron chi connectivity index (χ4n) is 4.40. The summed E-state index contributed by atoms with van der Waals surface area (Å²) in [5, 5.41) is 2.77. The van der Waals surface area contributed by atoms with Crippen LogP contribution >= 0.6 is 0 Å². The van der Waals surface area contributed by atoms with Crippen molar-refractivity contribution < 1.29 is 18.3 Å². The molecular formula is C19H25F2N3O2. The van der Waals surface area contributed by atoms with Crippen LogP contribution in [0.4, 0.5) is 14.5 Å². The lowest BCUT2D eigenvalue weighted by molar-refractivity contribution is -0.120. The molecule has 0 bridgehead atoms. The first kappa shape index (κ1) is 17.7. The van der Waals surface area contributed by atoms with Gasteiger partial charge in [0.25, 0.3) is 0 Å². The first-order valence-electron chi connectivity index (χ1n) is 9.39. The van der Waals surface area contributed by atoms with Gasteiger partial charge in [0.15, 0.2) is 0 Å². The van der Waals surface area contributed by atoms with E-state index in [9.17, 15) is 13.6 Å². The van der Waals surface area contributed by atoms with Crippen LogP contribution in [0.3, 0.4) is 0 Å². The van der Waals surface area contributed by atoms with E-state index in [0.29, 0.717) is 43.5 Å². The molecule has 0 saturated carbocycles. The van der Waals surface area contributed by atoms with E-state index in [0.717, 1.165) is 26.1 Å². The molecule has 7 heteroatoms. The maximum absolute atomic E-state index is 14.7. The lowest BCUT2D eigenvalue weighted by Gasteiger charge is -2.40. The molecule has 0 aromatic heterocycles. The summed E-state index contributed by atoms with van der Waals surface area (Å²) in [6, 6.07) is 2.49. The Kier molecular flexibility index (Phi) is 4.84. The average Bonchev–Trinajstić information content (AvgIpc) is 2.95. The highest BCUT2D eigenvalue weighted by Gasteiger charge is 2.35. The van der Waals surface area contributed by atoms with Gasteiger partial charge < -0.3 is 20.7 Å². The van der Waals surface area contributed by atoms with Gasteiger partial charge in [-0.1, -0.05) is 0 Å². The number of benzene rings is 1. The van der Waals surface area contributed by atoms with Crippen LogP contribution < -0.4 is 16.0 Å². The number of anilines is 1. The molecule has 3 heterocycles. The minimum atomic E-state index is -0.588. The number of hydrogen-bond acceptors (Lipinski definition) is 4. The second-order valence-corrected chi connectivity index (χ2v) is 7.68. The van der Waals surface area contributed by atoms with E-state index in [2.05, 4.69) is 5.32 Å². The first-order chi connectivity index (χ1) is 12.6. The molecule has 3 saturated heterocycles. The van der Waals surface area contributed by atoms with Gasteiger partial charge in [0.1, 0.15) is 17.3 Å². The molecule has 3 fully saturated rings. The minimum absolute atomic E-state index is 0.0332. The van der Waals surface area contributed by atoms with Crippen molar-refractivity contribution in [3.05, 3.63) is 29.3 Å². The number of piperidine rings is 1. The molecule has 1 unspecified atom stereocenters. The first-order valence-corrected chi connectivity index (χ1v) is 9.39. The van der Waals surface area contributed by atoms with E-state index in [1.165, 1.54) is 12.1 Å². The van der Waals surface area contributed by atoms with Gasteiger partial charge in [-0.15, -0.1) is 0 Å². The lowest BCUT2D eigenvalue weighted by Crippen LogP contribution is -2.42. The van der Waals surface area contributed by atoms with Gasteiger partial charge in [-0.3, -0.25) is 4.79 Å². The van der Waals surface area contributed by atoms with Crippen molar-refractivity contribution in [2.45, 2.75) is 31.2 Å². The topological polar surface area (TPSA) is 67.6 Å². The number of nitrogens with zero attached hydrogens (tertiary/aromatic N) is 1.